The molecule has 1 aromatic heterocycles. The summed E-state index contributed by atoms with van der Waals surface area (Å²) in [5.74, 6) is 1.16. The van der Waals surface area contributed by atoms with Crippen molar-refractivity contribution in [2.45, 2.75) is 37.8 Å². The second-order valence-corrected chi connectivity index (χ2v) is 8.00. The Labute approximate surface area is 189 Å². The molecule has 0 radical (unpaired) electrons. The van der Waals surface area contributed by atoms with Crippen LogP contribution in [0.4, 0.5) is 20.7 Å². The Hall–Kier alpha value is -3.33. The first-order valence-electron chi connectivity index (χ1n) is 10.2. The van der Waals surface area contributed by atoms with Crippen molar-refractivity contribution in [3.8, 4) is 11.5 Å². The fraction of sp³-hybridized carbons (Fsp3) is 0.318. The zero-order chi connectivity index (χ0) is 22.7. The lowest BCUT2D eigenvalue weighted by Gasteiger charge is -2.29. The topological polar surface area (TPSA) is 111 Å². The van der Waals surface area contributed by atoms with Crippen molar-refractivity contribution in [1.29, 1.82) is 0 Å². The van der Waals surface area contributed by atoms with Crippen molar-refractivity contribution >= 4 is 40.0 Å². The van der Waals surface area contributed by atoms with Crippen molar-refractivity contribution in [2.24, 2.45) is 5.73 Å². The normalized spacial score (nSPS) is 18.2. The van der Waals surface area contributed by atoms with Crippen molar-refractivity contribution < 1.29 is 18.7 Å². The average molecular weight is 460 g/mol. The number of hydrogen-bond donors (Lipinski definition) is 3. The largest absolute Gasteiger partial charge is 0.493 e. The molecule has 1 aliphatic rings. The number of fused-ring (bicyclic) bond motifs is 1. The van der Waals surface area contributed by atoms with Gasteiger partial charge in [-0.2, -0.15) is 0 Å². The summed E-state index contributed by atoms with van der Waals surface area (Å²) in [6.07, 6.45) is 4.52. The molecule has 2 amide bonds. The highest BCUT2D eigenvalue weighted by molar-refractivity contribution is 6.31. The highest BCUT2D eigenvalue weighted by Crippen LogP contribution is 2.37. The third kappa shape index (κ3) is 4.94. The van der Waals surface area contributed by atoms with Gasteiger partial charge in [0.25, 0.3) is 0 Å². The first-order chi connectivity index (χ1) is 15.4. The Kier molecular flexibility index (Phi) is 6.45. The first-order valence-corrected chi connectivity index (χ1v) is 10.6. The van der Waals surface area contributed by atoms with E-state index >= 15 is 0 Å². The summed E-state index contributed by atoms with van der Waals surface area (Å²) in [5.41, 5.74) is 6.47. The SMILES string of the molecule is COc1cc2ncnc(Nc3ccc(F)c(Cl)c3)c2cc1OC1CCC(NC(N)=O)CC1. The van der Waals surface area contributed by atoms with Gasteiger partial charge >= 0.3 is 6.03 Å². The molecule has 1 heterocycles. The highest BCUT2D eigenvalue weighted by atomic mass is 35.5. The number of halogens is 2. The summed E-state index contributed by atoms with van der Waals surface area (Å²) in [6, 6.07) is 7.53. The van der Waals surface area contributed by atoms with E-state index in [1.807, 2.05) is 6.07 Å². The maximum Gasteiger partial charge on any atom is 0.312 e. The van der Waals surface area contributed by atoms with Gasteiger partial charge in [0, 0.05) is 23.2 Å². The van der Waals surface area contributed by atoms with Crippen LogP contribution in [-0.4, -0.2) is 35.3 Å². The van der Waals surface area contributed by atoms with Crippen LogP contribution in [0.5, 0.6) is 11.5 Å². The van der Waals surface area contributed by atoms with Gasteiger partial charge in [-0.15, -0.1) is 0 Å². The Morgan fingerprint density at radius 3 is 2.62 bits per heavy atom. The number of nitrogens with zero attached hydrogens (tertiary/aromatic N) is 2. The molecule has 4 N–H and O–H groups in total. The van der Waals surface area contributed by atoms with E-state index in [-0.39, 0.29) is 17.2 Å². The lowest BCUT2D eigenvalue weighted by atomic mass is 9.93. The van der Waals surface area contributed by atoms with Crippen molar-refractivity contribution in [1.82, 2.24) is 15.3 Å². The molecule has 0 spiro atoms. The van der Waals surface area contributed by atoms with Gasteiger partial charge in [0.1, 0.15) is 18.0 Å². The van der Waals surface area contributed by atoms with Gasteiger partial charge in [0.15, 0.2) is 11.5 Å². The predicted octanol–water partition coefficient (Wildman–Crippen LogP) is 4.53. The molecule has 0 saturated heterocycles. The monoisotopic (exact) mass is 459 g/mol. The number of rotatable bonds is 6. The molecule has 8 nitrogen and oxygen atoms in total. The van der Waals surface area contributed by atoms with Crippen LogP contribution in [-0.2, 0) is 0 Å². The first kappa shape index (κ1) is 21.9. The zero-order valence-electron chi connectivity index (χ0n) is 17.4. The van der Waals surface area contributed by atoms with E-state index in [0.717, 1.165) is 25.7 Å². The van der Waals surface area contributed by atoms with Crippen LogP contribution in [0.3, 0.4) is 0 Å². The summed E-state index contributed by atoms with van der Waals surface area (Å²) in [6.45, 7) is 0. The third-order valence-corrected chi connectivity index (χ3v) is 5.71. The standard InChI is InChI=1S/C22H23ClFN5O3/c1-31-19-10-18-15(9-20(19)32-14-5-2-12(3-6-14)29-22(25)30)21(27-11-26-18)28-13-4-7-17(24)16(23)8-13/h4,7-12,14H,2-3,5-6H2,1H3,(H3,25,29,30)(H,26,27,28). The maximum absolute atomic E-state index is 13.5. The van der Waals surface area contributed by atoms with Crippen LogP contribution in [0, 0.1) is 5.82 Å². The van der Waals surface area contributed by atoms with Gasteiger partial charge in [-0.25, -0.2) is 19.2 Å². The second-order valence-electron chi connectivity index (χ2n) is 7.60. The van der Waals surface area contributed by atoms with Crippen LogP contribution >= 0.6 is 11.6 Å². The van der Waals surface area contributed by atoms with Gasteiger partial charge in [-0.1, -0.05) is 11.6 Å². The molecule has 4 rings (SSSR count). The average Bonchev–Trinajstić information content (AvgIpc) is 2.77. The van der Waals surface area contributed by atoms with Crippen LogP contribution in [0.1, 0.15) is 25.7 Å². The number of anilines is 2. The smallest absolute Gasteiger partial charge is 0.312 e. The van der Waals surface area contributed by atoms with Gasteiger partial charge < -0.3 is 25.8 Å². The Morgan fingerprint density at radius 1 is 1.16 bits per heavy atom. The van der Waals surface area contributed by atoms with Crippen LogP contribution in [0.25, 0.3) is 10.9 Å². The molecule has 0 atom stereocenters. The number of aromatic nitrogens is 2. The Morgan fingerprint density at radius 2 is 1.94 bits per heavy atom. The van der Waals surface area contributed by atoms with E-state index in [1.54, 1.807) is 19.2 Å². The van der Waals surface area contributed by atoms with Crippen molar-refractivity contribution in [3.05, 3.63) is 47.5 Å². The minimum Gasteiger partial charge on any atom is -0.493 e. The van der Waals surface area contributed by atoms with Crippen molar-refractivity contribution in [3.63, 3.8) is 0 Å². The molecule has 1 saturated carbocycles. The van der Waals surface area contributed by atoms with Crippen LogP contribution in [0.2, 0.25) is 5.02 Å². The molecule has 0 aliphatic heterocycles. The number of methoxy groups -OCH3 is 1. The molecule has 0 unspecified atom stereocenters. The number of hydrogen-bond acceptors (Lipinski definition) is 6. The number of urea groups is 1. The third-order valence-electron chi connectivity index (χ3n) is 5.42. The van der Waals surface area contributed by atoms with Crippen LogP contribution < -0.4 is 25.8 Å². The van der Waals surface area contributed by atoms with Gasteiger partial charge in [0.05, 0.1) is 23.8 Å². The Bertz CT molecular complexity index is 1140. The summed E-state index contributed by atoms with van der Waals surface area (Å²) in [7, 11) is 1.57. The Balaban J connectivity index is 1.58. The highest BCUT2D eigenvalue weighted by Gasteiger charge is 2.24. The number of nitrogens with one attached hydrogen (secondary N) is 2. The molecular weight excluding hydrogens is 437 g/mol. The summed E-state index contributed by atoms with van der Waals surface area (Å²) < 4.78 is 25.3. The summed E-state index contributed by atoms with van der Waals surface area (Å²) >= 11 is 5.90. The maximum atomic E-state index is 13.5. The molecule has 1 aliphatic carbocycles. The van der Waals surface area contributed by atoms with E-state index in [9.17, 15) is 9.18 Å². The molecule has 3 aromatic rings. The van der Waals surface area contributed by atoms with E-state index in [1.165, 1.54) is 18.5 Å². The minimum absolute atomic E-state index is 0.0143. The van der Waals surface area contributed by atoms with Gasteiger partial charge in [-0.3, -0.25) is 0 Å². The fourth-order valence-electron chi connectivity index (χ4n) is 3.83. The number of ether oxygens (including phenoxy) is 2. The molecule has 2 aromatic carbocycles. The summed E-state index contributed by atoms with van der Waals surface area (Å²) in [4.78, 5) is 19.7. The second kappa shape index (κ2) is 9.44. The molecule has 168 valence electrons. The predicted molar refractivity (Wildman–Crippen MR) is 120 cm³/mol. The van der Waals surface area contributed by atoms with Gasteiger partial charge in [0.2, 0.25) is 0 Å². The molecular formula is C22H23ClFN5O3. The number of primary amides is 1. The van der Waals surface area contributed by atoms with E-state index in [4.69, 9.17) is 26.8 Å². The molecule has 32 heavy (non-hydrogen) atoms. The fourth-order valence-corrected chi connectivity index (χ4v) is 4.01. The van der Waals surface area contributed by atoms with Crippen LogP contribution in [0.15, 0.2) is 36.7 Å². The summed E-state index contributed by atoms with van der Waals surface area (Å²) in [5, 5.41) is 6.64. The van der Waals surface area contributed by atoms with E-state index in [2.05, 4.69) is 20.6 Å². The van der Waals surface area contributed by atoms with Gasteiger partial charge in [-0.05, 0) is 49.9 Å². The minimum atomic E-state index is -0.506. The molecule has 1 fully saturated rings. The number of amides is 2. The quantitative estimate of drug-likeness (QED) is 0.499. The number of carbonyl (C=O) groups excluding carboxylic acids is 1. The molecule has 0 bridgehead atoms. The molecule has 10 heteroatoms. The number of carbonyl (C=O) groups is 1. The number of benzene rings is 2. The van der Waals surface area contributed by atoms with Crippen molar-refractivity contribution in [2.75, 3.05) is 12.4 Å². The zero-order valence-corrected chi connectivity index (χ0v) is 18.2. The lowest BCUT2D eigenvalue weighted by Crippen LogP contribution is -2.42. The number of nitrogens with two attached hydrogens (primary N) is 1. The van der Waals surface area contributed by atoms with E-state index < -0.39 is 11.8 Å². The lowest BCUT2D eigenvalue weighted by molar-refractivity contribution is 0.136. The van der Waals surface area contributed by atoms with E-state index in [0.29, 0.717) is 33.9 Å².